The Balaban J connectivity index is 1.59. The number of carbonyl (C=O) groups is 2. The van der Waals surface area contributed by atoms with Gasteiger partial charge in [-0.2, -0.15) is 5.26 Å². The van der Waals surface area contributed by atoms with Crippen LogP contribution in [0.5, 0.6) is 0 Å². The molecule has 14 nitrogen and oxygen atoms in total. The average Bonchev–Trinajstić information content (AvgIpc) is 3.02. The van der Waals surface area contributed by atoms with E-state index in [2.05, 4.69) is 20.3 Å². The lowest BCUT2D eigenvalue weighted by Crippen LogP contribution is -2.47. The Hall–Kier alpha value is -3.36. The first-order valence-corrected chi connectivity index (χ1v) is 15.4. The van der Waals surface area contributed by atoms with Gasteiger partial charge in [-0.15, -0.1) is 0 Å². The van der Waals surface area contributed by atoms with Crippen LogP contribution in [0, 0.1) is 10.7 Å². The first-order chi connectivity index (χ1) is 21.5. The van der Waals surface area contributed by atoms with Crippen LogP contribution in [0.2, 0.25) is 0 Å². The SMILES string of the molecule is N#CSCCCN(c1cccc(C(=O)O)n1)N1CCOCCOCCN(Cc2cccc(C(=O)O)n2)CCOCCOCC1. The van der Waals surface area contributed by atoms with Crippen molar-refractivity contribution in [3.8, 4) is 5.40 Å². The summed E-state index contributed by atoms with van der Waals surface area (Å²) in [7, 11) is 0. The number of hydrogen-bond acceptors (Lipinski definition) is 13. The third-order valence-electron chi connectivity index (χ3n) is 6.49. The summed E-state index contributed by atoms with van der Waals surface area (Å²) >= 11 is 1.17. The van der Waals surface area contributed by atoms with Crippen LogP contribution in [0.3, 0.4) is 0 Å². The van der Waals surface area contributed by atoms with Crippen molar-refractivity contribution in [3.05, 3.63) is 53.5 Å². The summed E-state index contributed by atoms with van der Waals surface area (Å²) in [4.78, 5) is 33.6. The highest BCUT2D eigenvalue weighted by atomic mass is 32.2. The van der Waals surface area contributed by atoms with Crippen LogP contribution < -0.4 is 5.01 Å². The molecule has 0 aromatic carbocycles. The summed E-state index contributed by atoms with van der Waals surface area (Å²) in [6, 6.07) is 9.84. The fourth-order valence-corrected chi connectivity index (χ4v) is 4.69. The molecule has 0 spiro atoms. The van der Waals surface area contributed by atoms with Crippen molar-refractivity contribution in [1.29, 1.82) is 5.26 Å². The maximum Gasteiger partial charge on any atom is 0.354 e. The molecule has 0 radical (unpaired) electrons. The number of anilines is 1. The van der Waals surface area contributed by atoms with E-state index in [1.54, 1.807) is 24.3 Å². The number of hydrazine groups is 1. The fourth-order valence-electron chi connectivity index (χ4n) is 4.33. The molecule has 2 aromatic rings. The molecule has 1 aliphatic rings. The van der Waals surface area contributed by atoms with E-state index in [1.807, 2.05) is 10.0 Å². The van der Waals surface area contributed by atoms with Crippen LogP contribution in [0.25, 0.3) is 0 Å². The van der Waals surface area contributed by atoms with Crippen molar-refractivity contribution in [2.45, 2.75) is 13.0 Å². The van der Waals surface area contributed by atoms with Crippen LogP contribution in [-0.4, -0.2) is 133 Å². The Morgan fingerprint density at radius 3 is 1.93 bits per heavy atom. The number of nitrogens with zero attached hydrogens (tertiary/aromatic N) is 6. The number of nitriles is 1. The summed E-state index contributed by atoms with van der Waals surface area (Å²) in [6.45, 7) is 6.49. The summed E-state index contributed by atoms with van der Waals surface area (Å²) in [5.74, 6) is -1.04. The second-order valence-electron chi connectivity index (χ2n) is 9.60. The van der Waals surface area contributed by atoms with E-state index in [0.717, 1.165) is 0 Å². The zero-order valence-electron chi connectivity index (χ0n) is 24.7. The smallest absolute Gasteiger partial charge is 0.354 e. The monoisotopic (exact) mass is 632 g/mol. The molecule has 0 atom stereocenters. The van der Waals surface area contributed by atoms with Gasteiger partial charge in [0.1, 0.15) is 16.9 Å². The van der Waals surface area contributed by atoms with Crippen molar-refractivity contribution in [2.75, 3.05) is 96.3 Å². The number of carboxylic acids is 2. The molecule has 0 amide bonds. The Morgan fingerprint density at radius 1 is 0.818 bits per heavy atom. The van der Waals surface area contributed by atoms with Gasteiger partial charge in [-0.1, -0.05) is 12.1 Å². The number of pyridine rings is 2. The van der Waals surface area contributed by atoms with Crippen molar-refractivity contribution in [2.24, 2.45) is 0 Å². The van der Waals surface area contributed by atoms with Gasteiger partial charge < -0.3 is 29.2 Å². The van der Waals surface area contributed by atoms with Gasteiger partial charge in [-0.25, -0.2) is 24.6 Å². The van der Waals surface area contributed by atoms with Gasteiger partial charge in [0.15, 0.2) is 5.69 Å². The molecule has 2 aromatic heterocycles. The van der Waals surface area contributed by atoms with Gasteiger partial charge in [0.25, 0.3) is 0 Å². The minimum Gasteiger partial charge on any atom is -0.477 e. The number of thioether (sulfide) groups is 1. The van der Waals surface area contributed by atoms with Crippen LogP contribution in [0.1, 0.15) is 33.1 Å². The second kappa shape index (κ2) is 20.6. The molecular weight excluding hydrogens is 592 g/mol. The van der Waals surface area contributed by atoms with Crippen LogP contribution in [-0.2, 0) is 25.5 Å². The molecule has 3 rings (SSSR count). The topological polar surface area (TPSA) is 171 Å². The van der Waals surface area contributed by atoms with Gasteiger partial charge in [-0.05, 0) is 42.4 Å². The predicted octanol–water partition coefficient (Wildman–Crippen LogP) is 2.08. The maximum absolute atomic E-state index is 11.6. The summed E-state index contributed by atoms with van der Waals surface area (Å²) in [5.41, 5.74) is 0.618. The lowest BCUT2D eigenvalue weighted by molar-refractivity contribution is 0.00545. The normalized spacial score (nSPS) is 17.2. The number of thiocyanates is 1. The molecule has 1 fully saturated rings. The van der Waals surface area contributed by atoms with E-state index in [0.29, 0.717) is 116 Å². The quantitative estimate of drug-likeness (QED) is 0.288. The minimum absolute atomic E-state index is 0.00964. The Kier molecular flexibility index (Phi) is 16.4. The molecule has 2 N–H and O–H groups in total. The molecule has 44 heavy (non-hydrogen) atoms. The molecule has 0 saturated carbocycles. The largest absolute Gasteiger partial charge is 0.477 e. The third kappa shape index (κ3) is 13.1. The van der Waals surface area contributed by atoms with E-state index >= 15 is 0 Å². The standard InChI is InChI=1S/C29H40N6O8S/c30-23-44-21-3-8-35(27-7-2-6-26(32-27)29(38)39)34-11-15-42-19-17-40-13-9-33(10-14-41-18-20-43-16-12-34)22-24-4-1-5-25(31-24)28(36)37/h1-2,4-7H,3,8-22H2,(H,36,37)(H,38,39). The van der Waals surface area contributed by atoms with Gasteiger partial charge in [0.05, 0.1) is 58.5 Å². The minimum atomic E-state index is -1.11. The predicted molar refractivity (Wildman–Crippen MR) is 163 cm³/mol. The molecule has 1 saturated heterocycles. The number of aromatic carboxylic acids is 2. The Labute approximate surface area is 261 Å². The molecule has 3 heterocycles. The average molecular weight is 633 g/mol. The van der Waals surface area contributed by atoms with E-state index in [1.165, 1.54) is 23.9 Å². The summed E-state index contributed by atoms with van der Waals surface area (Å²) in [6.07, 6.45) is 0.690. The van der Waals surface area contributed by atoms with Crippen molar-refractivity contribution < 1.29 is 38.7 Å². The summed E-state index contributed by atoms with van der Waals surface area (Å²) in [5, 5.41) is 33.7. The molecule has 0 bridgehead atoms. The van der Waals surface area contributed by atoms with Gasteiger partial charge >= 0.3 is 11.9 Å². The summed E-state index contributed by atoms with van der Waals surface area (Å²) < 4.78 is 23.3. The highest BCUT2D eigenvalue weighted by Gasteiger charge is 2.19. The van der Waals surface area contributed by atoms with Crippen LogP contribution in [0.4, 0.5) is 5.82 Å². The number of aromatic nitrogens is 2. The van der Waals surface area contributed by atoms with Crippen LogP contribution in [0.15, 0.2) is 36.4 Å². The third-order valence-corrected chi connectivity index (χ3v) is 7.11. The number of carboxylic acid groups (broad SMARTS) is 2. The molecule has 0 unspecified atom stereocenters. The van der Waals surface area contributed by atoms with E-state index in [-0.39, 0.29) is 11.4 Å². The van der Waals surface area contributed by atoms with Crippen molar-refractivity contribution >= 4 is 29.5 Å². The van der Waals surface area contributed by atoms with Gasteiger partial charge in [0.2, 0.25) is 0 Å². The van der Waals surface area contributed by atoms with Crippen molar-refractivity contribution in [3.63, 3.8) is 0 Å². The van der Waals surface area contributed by atoms with E-state index < -0.39 is 11.9 Å². The second-order valence-corrected chi connectivity index (χ2v) is 10.5. The molecule has 15 heteroatoms. The first-order valence-electron chi connectivity index (χ1n) is 14.4. The number of hydrogen-bond donors (Lipinski definition) is 2. The molecule has 1 aliphatic heterocycles. The number of ether oxygens (including phenoxy) is 4. The molecular formula is C29H40N6O8S. The first kappa shape index (κ1) is 35.1. The highest BCUT2D eigenvalue weighted by molar-refractivity contribution is 8.03. The van der Waals surface area contributed by atoms with Crippen LogP contribution >= 0.6 is 11.8 Å². The number of rotatable bonds is 10. The fraction of sp³-hybridized carbons (Fsp3) is 0.552. The lowest BCUT2D eigenvalue weighted by atomic mass is 10.3. The van der Waals surface area contributed by atoms with Gasteiger partial charge in [-0.3, -0.25) is 9.91 Å². The van der Waals surface area contributed by atoms with E-state index in [4.69, 9.17) is 24.2 Å². The maximum atomic E-state index is 11.6. The zero-order valence-corrected chi connectivity index (χ0v) is 25.5. The lowest BCUT2D eigenvalue weighted by Gasteiger charge is -2.36. The van der Waals surface area contributed by atoms with Gasteiger partial charge in [0, 0.05) is 45.0 Å². The Bertz CT molecular complexity index is 1180. The highest BCUT2D eigenvalue weighted by Crippen LogP contribution is 2.16. The molecule has 0 aliphatic carbocycles. The van der Waals surface area contributed by atoms with E-state index in [9.17, 15) is 19.8 Å². The zero-order chi connectivity index (χ0) is 31.4. The Morgan fingerprint density at radius 2 is 1.36 bits per heavy atom. The van der Waals surface area contributed by atoms with Crippen molar-refractivity contribution in [1.82, 2.24) is 19.9 Å². The molecule has 240 valence electrons.